The van der Waals surface area contributed by atoms with Crippen LogP contribution >= 0.6 is 0 Å². The van der Waals surface area contributed by atoms with Crippen molar-refractivity contribution in [2.75, 3.05) is 39.9 Å². The van der Waals surface area contributed by atoms with Crippen LogP contribution in [0.3, 0.4) is 0 Å². The van der Waals surface area contributed by atoms with Crippen molar-refractivity contribution in [1.29, 1.82) is 0 Å². The largest absolute Gasteiger partial charge is 0.385 e. The van der Waals surface area contributed by atoms with E-state index in [9.17, 15) is 31.9 Å². The van der Waals surface area contributed by atoms with Crippen molar-refractivity contribution < 1.29 is 36.6 Å². The Balaban J connectivity index is 1.72. The molecule has 40 heavy (non-hydrogen) atoms. The number of hydrogen-bond acceptors (Lipinski definition) is 4. The van der Waals surface area contributed by atoms with Crippen molar-refractivity contribution in [2.45, 2.75) is 88.7 Å². The van der Waals surface area contributed by atoms with E-state index in [4.69, 9.17) is 4.74 Å². The highest BCUT2D eigenvalue weighted by Gasteiger charge is 2.44. The number of likely N-dealkylation sites (tertiary alicyclic amines) is 1. The highest BCUT2D eigenvalue weighted by molar-refractivity contribution is 5.74. The van der Waals surface area contributed by atoms with E-state index in [2.05, 4.69) is 10.6 Å². The molecule has 1 heterocycles. The molecule has 2 fully saturated rings. The van der Waals surface area contributed by atoms with Gasteiger partial charge in [0.15, 0.2) is 11.6 Å². The monoisotopic (exact) mass is 577 g/mol. The molecule has 0 unspecified atom stereocenters. The number of carbonyl (C=O) groups excluding carboxylic acids is 1. The van der Waals surface area contributed by atoms with E-state index >= 15 is 0 Å². The van der Waals surface area contributed by atoms with Crippen molar-refractivity contribution in [3.05, 3.63) is 35.1 Å². The number of unbranched alkanes of at least 4 members (excludes halogenated alkanes) is 1. The van der Waals surface area contributed by atoms with Gasteiger partial charge in [-0.2, -0.15) is 0 Å². The average molecular weight is 578 g/mol. The number of carbonyl (C=O) groups is 1. The van der Waals surface area contributed by atoms with Crippen LogP contribution in [0.25, 0.3) is 0 Å². The zero-order chi connectivity index (χ0) is 29.3. The van der Waals surface area contributed by atoms with Gasteiger partial charge in [-0.15, -0.1) is 0 Å². The molecule has 228 valence electrons. The predicted octanol–water partition coefficient (Wildman–Crippen LogP) is 5.72. The molecule has 1 saturated heterocycles. The van der Waals surface area contributed by atoms with Gasteiger partial charge in [0.05, 0.1) is 5.60 Å². The minimum Gasteiger partial charge on any atom is -0.385 e. The van der Waals surface area contributed by atoms with Gasteiger partial charge in [-0.1, -0.05) is 0 Å². The number of ether oxygens (including phenoxy) is 1. The second-order valence-electron chi connectivity index (χ2n) is 11.4. The topological polar surface area (TPSA) is 73.8 Å². The molecular weight excluding hydrogens is 533 g/mol. The van der Waals surface area contributed by atoms with Gasteiger partial charge in [-0.05, 0) is 77.3 Å². The summed E-state index contributed by atoms with van der Waals surface area (Å²) < 4.78 is 75.9. The lowest BCUT2D eigenvalue weighted by molar-refractivity contribution is -0.0597. The van der Waals surface area contributed by atoms with Crippen LogP contribution in [0, 0.1) is 29.3 Å². The molecule has 1 aromatic carbocycles. The lowest BCUT2D eigenvalue weighted by Gasteiger charge is -2.43. The van der Waals surface area contributed by atoms with E-state index in [-0.39, 0.29) is 43.8 Å². The number of rotatable bonds is 13. The van der Waals surface area contributed by atoms with Gasteiger partial charge in [0.2, 0.25) is 5.92 Å². The maximum Gasteiger partial charge on any atom is 0.317 e. The van der Waals surface area contributed by atoms with Crippen LogP contribution in [0.15, 0.2) is 12.1 Å². The van der Waals surface area contributed by atoms with Gasteiger partial charge in [-0.3, -0.25) is 0 Å². The quantitative estimate of drug-likeness (QED) is 0.159. The minimum atomic E-state index is -2.62. The first-order chi connectivity index (χ1) is 19.0. The van der Waals surface area contributed by atoms with Crippen molar-refractivity contribution in [1.82, 2.24) is 15.5 Å². The van der Waals surface area contributed by atoms with Gasteiger partial charge in [0.1, 0.15) is 5.82 Å². The number of benzene rings is 1. The van der Waals surface area contributed by atoms with Crippen LogP contribution in [0.2, 0.25) is 0 Å². The number of aliphatic hydroxyl groups is 1. The summed E-state index contributed by atoms with van der Waals surface area (Å²) in [5.74, 6) is -6.84. The van der Waals surface area contributed by atoms with E-state index in [0.717, 1.165) is 6.07 Å². The average Bonchev–Trinajstić information content (AvgIpc) is 2.91. The first kappa shape index (κ1) is 32.5. The van der Waals surface area contributed by atoms with Crippen LogP contribution in [0.5, 0.6) is 0 Å². The Labute approximate surface area is 234 Å². The summed E-state index contributed by atoms with van der Waals surface area (Å²) in [4.78, 5) is 14.9. The summed E-state index contributed by atoms with van der Waals surface area (Å²) in [7, 11) is 1.75. The molecule has 0 aromatic heterocycles. The fraction of sp³-hybridized carbons (Fsp3) is 0.759. The van der Waals surface area contributed by atoms with Gasteiger partial charge < -0.3 is 25.4 Å². The molecule has 2 aliphatic rings. The second-order valence-corrected chi connectivity index (χ2v) is 11.4. The smallest absolute Gasteiger partial charge is 0.317 e. The number of nitrogens with zero attached hydrogens (tertiary/aromatic N) is 1. The normalized spacial score (nSPS) is 22.1. The van der Waals surface area contributed by atoms with Gasteiger partial charge in [-0.25, -0.2) is 26.7 Å². The molecule has 1 aliphatic heterocycles. The second kappa shape index (κ2) is 14.8. The van der Waals surface area contributed by atoms with Crippen LogP contribution in [0.1, 0.15) is 76.7 Å². The number of hydrogen-bond donors (Lipinski definition) is 3. The van der Waals surface area contributed by atoms with Gasteiger partial charge in [0, 0.05) is 69.3 Å². The first-order valence-electron chi connectivity index (χ1n) is 14.5. The summed E-state index contributed by atoms with van der Waals surface area (Å²) in [6, 6.07) is 0.651. The van der Waals surface area contributed by atoms with E-state index in [1.807, 2.05) is 6.92 Å². The molecule has 0 bridgehead atoms. The molecule has 6 nitrogen and oxygen atoms in total. The highest BCUT2D eigenvalue weighted by atomic mass is 19.3. The van der Waals surface area contributed by atoms with Gasteiger partial charge >= 0.3 is 6.03 Å². The Bertz CT molecular complexity index is 959. The van der Waals surface area contributed by atoms with E-state index in [1.54, 1.807) is 11.9 Å². The summed E-state index contributed by atoms with van der Waals surface area (Å²) in [5.41, 5.74) is -2.33. The van der Waals surface area contributed by atoms with Crippen LogP contribution in [0.4, 0.5) is 26.7 Å². The van der Waals surface area contributed by atoms with Crippen molar-refractivity contribution in [2.24, 2.45) is 11.8 Å². The maximum atomic E-state index is 15.0. The molecule has 3 N–H and O–H groups in total. The molecule has 0 spiro atoms. The molecular formula is C29H44F5N3O3. The SMILES string of the molecule is CCOCCCC[C@@](O)(c1cc(F)cc(F)c1F)[C@@H]1CCCN(C(=O)N[C@H](CNC)CC2CCC(F)(F)CC2)C1. The van der Waals surface area contributed by atoms with Crippen molar-refractivity contribution >= 4 is 6.03 Å². The summed E-state index contributed by atoms with van der Waals surface area (Å²) in [6.07, 6.45) is 3.10. The van der Waals surface area contributed by atoms with E-state index < -0.39 is 40.5 Å². The van der Waals surface area contributed by atoms with Gasteiger partial charge in [0.25, 0.3) is 0 Å². The summed E-state index contributed by atoms with van der Waals surface area (Å²) in [6.45, 7) is 3.78. The maximum absolute atomic E-state index is 15.0. The van der Waals surface area contributed by atoms with E-state index in [0.29, 0.717) is 77.3 Å². The zero-order valence-electron chi connectivity index (χ0n) is 23.6. The molecule has 1 aromatic rings. The highest BCUT2D eigenvalue weighted by Crippen LogP contribution is 2.42. The number of halogens is 5. The third-order valence-electron chi connectivity index (χ3n) is 8.38. The number of urea groups is 1. The molecule has 11 heteroatoms. The van der Waals surface area contributed by atoms with Crippen LogP contribution < -0.4 is 10.6 Å². The molecule has 2 amide bonds. The summed E-state index contributed by atoms with van der Waals surface area (Å²) in [5, 5.41) is 17.9. The first-order valence-corrected chi connectivity index (χ1v) is 14.5. The lowest BCUT2D eigenvalue weighted by Crippen LogP contribution is -2.54. The predicted molar refractivity (Wildman–Crippen MR) is 143 cm³/mol. The number of nitrogens with one attached hydrogen (secondary N) is 2. The molecule has 1 aliphatic carbocycles. The molecule has 0 radical (unpaired) electrons. The Morgan fingerprint density at radius 1 is 1.20 bits per heavy atom. The standard InChI is InChI=1S/C29H44F5N3O3/c1-3-40-14-5-4-10-29(39,24-16-22(30)17-25(31)26(24)32)21-7-6-13-37(19-21)27(38)36-23(18-35-2)15-20-8-11-28(33,34)12-9-20/h16-17,20-21,23,35,39H,3-15,18-19H2,1-2H3,(H,36,38)/t21-,23+,29+/m1/s1. The van der Waals surface area contributed by atoms with Crippen LogP contribution in [-0.2, 0) is 10.3 Å². The minimum absolute atomic E-state index is 0.0503. The number of piperidine rings is 1. The zero-order valence-corrected chi connectivity index (χ0v) is 23.6. The van der Waals surface area contributed by atoms with Crippen molar-refractivity contribution in [3.8, 4) is 0 Å². The third-order valence-corrected chi connectivity index (χ3v) is 8.38. The Kier molecular flexibility index (Phi) is 12.0. The fourth-order valence-corrected chi connectivity index (χ4v) is 6.17. The lowest BCUT2D eigenvalue weighted by atomic mass is 9.74. The Hall–Kier alpha value is -1.98. The third kappa shape index (κ3) is 8.76. The fourth-order valence-electron chi connectivity index (χ4n) is 6.17. The Morgan fingerprint density at radius 3 is 2.60 bits per heavy atom. The Morgan fingerprint density at radius 2 is 1.93 bits per heavy atom. The number of likely N-dealkylation sites (N-methyl/N-ethyl adjacent to an activating group) is 1. The molecule has 3 atom stereocenters. The van der Waals surface area contributed by atoms with Crippen LogP contribution in [-0.4, -0.2) is 67.9 Å². The number of amides is 2. The summed E-state index contributed by atoms with van der Waals surface area (Å²) >= 11 is 0. The number of alkyl halides is 2. The molecule has 3 rings (SSSR count). The van der Waals surface area contributed by atoms with Crippen molar-refractivity contribution in [3.63, 3.8) is 0 Å². The van der Waals surface area contributed by atoms with E-state index in [1.165, 1.54) is 0 Å². The molecule has 1 saturated carbocycles.